The maximum absolute atomic E-state index is 12.8. The molecule has 0 aromatic rings. The van der Waals surface area contributed by atoms with E-state index < -0.39 is 6.10 Å². The van der Waals surface area contributed by atoms with Crippen molar-refractivity contribution in [2.24, 2.45) is 0 Å². The minimum atomic E-state index is -0.785. The molecule has 0 N–H and O–H groups in total. The lowest BCUT2D eigenvalue weighted by Gasteiger charge is -2.18. The third-order valence-corrected chi connectivity index (χ3v) is 12.3. The van der Waals surface area contributed by atoms with E-state index in [2.05, 4.69) is 118 Å². The Bertz CT molecular complexity index is 1400. The number of unbranched alkanes of at least 4 members (excludes halogenated alkanes) is 25. The van der Waals surface area contributed by atoms with E-state index in [1.165, 1.54) is 109 Å². The van der Waals surface area contributed by atoms with Gasteiger partial charge in [0.2, 0.25) is 0 Å². The Labute approximate surface area is 432 Å². The summed E-state index contributed by atoms with van der Waals surface area (Å²) in [5.74, 6) is -0.911. The predicted octanol–water partition coefficient (Wildman–Crippen LogP) is 19.7. The Balaban J connectivity index is 4.19. The van der Waals surface area contributed by atoms with Crippen LogP contribution in [0.1, 0.15) is 271 Å². The second-order valence-corrected chi connectivity index (χ2v) is 19.2. The van der Waals surface area contributed by atoms with Gasteiger partial charge in [-0.15, -0.1) is 0 Å². The number of carbonyl (C=O) groups excluding carboxylic acids is 3. The number of allylic oxidation sites excluding steroid dienone is 16. The molecule has 400 valence electrons. The van der Waals surface area contributed by atoms with Gasteiger partial charge >= 0.3 is 17.9 Å². The minimum absolute atomic E-state index is 0.0849. The molecule has 1 atom stereocenters. The Morgan fingerprint density at radius 1 is 0.300 bits per heavy atom. The van der Waals surface area contributed by atoms with E-state index in [4.69, 9.17) is 14.2 Å². The fourth-order valence-electron chi connectivity index (χ4n) is 7.95. The van der Waals surface area contributed by atoms with Gasteiger partial charge in [0.05, 0.1) is 0 Å². The van der Waals surface area contributed by atoms with Crippen molar-refractivity contribution in [2.75, 3.05) is 13.2 Å². The van der Waals surface area contributed by atoms with Gasteiger partial charge < -0.3 is 14.2 Å². The molecule has 70 heavy (non-hydrogen) atoms. The zero-order valence-electron chi connectivity index (χ0n) is 45.8. The van der Waals surface area contributed by atoms with Gasteiger partial charge in [0.15, 0.2) is 6.10 Å². The molecule has 0 aromatic carbocycles. The van der Waals surface area contributed by atoms with Crippen LogP contribution < -0.4 is 0 Å². The highest BCUT2D eigenvalue weighted by atomic mass is 16.6. The van der Waals surface area contributed by atoms with E-state index in [-0.39, 0.29) is 31.1 Å². The highest BCUT2D eigenvalue weighted by Gasteiger charge is 2.19. The van der Waals surface area contributed by atoms with Crippen LogP contribution in [-0.4, -0.2) is 37.2 Å². The van der Waals surface area contributed by atoms with Gasteiger partial charge in [-0.25, -0.2) is 0 Å². The molecule has 1 unspecified atom stereocenters. The Morgan fingerprint density at radius 2 is 0.557 bits per heavy atom. The van der Waals surface area contributed by atoms with Crippen molar-refractivity contribution >= 4 is 17.9 Å². The SMILES string of the molecule is CC/C=C\C/C=C\C/C=C\C/C=C\C/C=C\CCCCCCCCCCCC(=O)OCC(COC(=O)CCCCCCCC)OC(=O)CCCCCCCC/C=C\C/C=C\C/C=C\CCCCCCC. The van der Waals surface area contributed by atoms with E-state index in [1.54, 1.807) is 0 Å². The van der Waals surface area contributed by atoms with Crippen LogP contribution in [0.3, 0.4) is 0 Å². The molecule has 0 saturated heterocycles. The summed E-state index contributed by atoms with van der Waals surface area (Å²) in [4.78, 5) is 37.9. The fraction of sp³-hybridized carbons (Fsp3) is 0.703. The maximum atomic E-state index is 12.8. The van der Waals surface area contributed by atoms with Gasteiger partial charge in [-0.1, -0.05) is 246 Å². The largest absolute Gasteiger partial charge is 0.462 e. The first-order valence-electron chi connectivity index (χ1n) is 29.2. The molecule has 0 aromatic heterocycles. The van der Waals surface area contributed by atoms with E-state index >= 15 is 0 Å². The van der Waals surface area contributed by atoms with Crippen LogP contribution in [0.15, 0.2) is 97.2 Å². The van der Waals surface area contributed by atoms with E-state index in [0.29, 0.717) is 19.3 Å². The molecular formula is C64H108O6. The number of hydrogen-bond acceptors (Lipinski definition) is 6. The Kier molecular flexibility index (Phi) is 54.9. The number of carbonyl (C=O) groups is 3. The highest BCUT2D eigenvalue weighted by Crippen LogP contribution is 2.15. The molecule has 0 spiro atoms. The quantitative estimate of drug-likeness (QED) is 0.0262. The standard InChI is InChI=1S/C64H108O6/c1-4-7-10-13-16-18-20-22-24-26-28-30-31-32-33-35-36-38-40-42-44-46-48-51-54-57-63(66)69-60-61(59-68-62(65)56-53-50-15-12-9-6-3)70-64(67)58-55-52-49-47-45-43-41-39-37-34-29-27-25-23-21-19-17-14-11-8-5-2/h7,10,16,18,21-24,27-30,32-33,37,39,61H,4-6,8-9,11-15,17,19-20,25-26,31,34-36,38,40-60H2,1-3H3/b10-7-,18-16-,23-21-,24-22-,29-27-,30-28-,33-32-,39-37-. The molecule has 0 fully saturated rings. The molecule has 0 saturated carbocycles. The average molecular weight is 974 g/mol. The van der Waals surface area contributed by atoms with Crippen molar-refractivity contribution in [1.29, 1.82) is 0 Å². The van der Waals surface area contributed by atoms with Crippen LogP contribution >= 0.6 is 0 Å². The summed E-state index contributed by atoms with van der Waals surface area (Å²) in [6.07, 6.45) is 77.1. The Morgan fingerprint density at radius 3 is 0.871 bits per heavy atom. The van der Waals surface area contributed by atoms with E-state index in [0.717, 1.165) is 122 Å². The second-order valence-electron chi connectivity index (χ2n) is 19.2. The first-order chi connectivity index (χ1) is 34.5. The molecule has 0 bridgehead atoms. The lowest BCUT2D eigenvalue weighted by molar-refractivity contribution is -0.167. The fourth-order valence-corrected chi connectivity index (χ4v) is 7.95. The first kappa shape index (κ1) is 66.3. The summed E-state index contributed by atoms with van der Waals surface area (Å²) in [7, 11) is 0. The average Bonchev–Trinajstić information content (AvgIpc) is 3.36. The molecule has 0 aliphatic carbocycles. The summed E-state index contributed by atoms with van der Waals surface area (Å²) in [5.41, 5.74) is 0. The summed E-state index contributed by atoms with van der Waals surface area (Å²) < 4.78 is 16.8. The van der Waals surface area contributed by atoms with Crippen LogP contribution in [-0.2, 0) is 28.6 Å². The molecule has 0 heterocycles. The van der Waals surface area contributed by atoms with Crippen molar-refractivity contribution in [3.8, 4) is 0 Å². The number of esters is 3. The maximum Gasteiger partial charge on any atom is 0.306 e. The summed E-state index contributed by atoms with van der Waals surface area (Å²) >= 11 is 0. The molecule has 0 radical (unpaired) electrons. The third kappa shape index (κ3) is 55.3. The van der Waals surface area contributed by atoms with Crippen molar-refractivity contribution in [2.45, 2.75) is 277 Å². The third-order valence-electron chi connectivity index (χ3n) is 12.3. The van der Waals surface area contributed by atoms with Gasteiger partial charge in [0.1, 0.15) is 13.2 Å². The van der Waals surface area contributed by atoms with Crippen LogP contribution in [0.25, 0.3) is 0 Å². The number of rotatable bonds is 52. The summed E-state index contributed by atoms with van der Waals surface area (Å²) in [6, 6.07) is 0. The monoisotopic (exact) mass is 973 g/mol. The van der Waals surface area contributed by atoms with E-state index in [1.807, 2.05) is 0 Å². The normalized spacial score (nSPS) is 12.8. The zero-order chi connectivity index (χ0) is 50.7. The van der Waals surface area contributed by atoms with Gasteiger partial charge in [-0.05, 0) is 103 Å². The summed E-state index contributed by atoms with van der Waals surface area (Å²) in [6.45, 7) is 6.44. The van der Waals surface area contributed by atoms with Gasteiger partial charge in [0, 0.05) is 19.3 Å². The van der Waals surface area contributed by atoms with Crippen LogP contribution in [0.4, 0.5) is 0 Å². The van der Waals surface area contributed by atoms with Crippen LogP contribution in [0.2, 0.25) is 0 Å². The van der Waals surface area contributed by atoms with Crippen LogP contribution in [0, 0.1) is 0 Å². The van der Waals surface area contributed by atoms with Crippen molar-refractivity contribution in [3.05, 3.63) is 97.2 Å². The lowest BCUT2D eigenvalue weighted by Crippen LogP contribution is -2.30. The van der Waals surface area contributed by atoms with Crippen LogP contribution in [0.5, 0.6) is 0 Å². The van der Waals surface area contributed by atoms with Crippen molar-refractivity contribution in [3.63, 3.8) is 0 Å². The molecule has 6 heteroatoms. The minimum Gasteiger partial charge on any atom is -0.462 e. The first-order valence-corrected chi connectivity index (χ1v) is 29.2. The van der Waals surface area contributed by atoms with Gasteiger partial charge in [0.25, 0.3) is 0 Å². The number of ether oxygens (including phenoxy) is 3. The van der Waals surface area contributed by atoms with Gasteiger partial charge in [-0.2, -0.15) is 0 Å². The molecule has 0 aliphatic rings. The summed E-state index contributed by atoms with van der Waals surface area (Å²) in [5, 5.41) is 0. The lowest BCUT2D eigenvalue weighted by atomic mass is 10.1. The second kappa shape index (κ2) is 57.9. The molecule has 0 amide bonds. The highest BCUT2D eigenvalue weighted by molar-refractivity contribution is 5.71. The van der Waals surface area contributed by atoms with Gasteiger partial charge in [-0.3, -0.25) is 14.4 Å². The molecule has 0 rings (SSSR count). The number of hydrogen-bond donors (Lipinski definition) is 0. The zero-order valence-corrected chi connectivity index (χ0v) is 45.8. The molecular weight excluding hydrogens is 865 g/mol. The Hall–Kier alpha value is -3.67. The van der Waals surface area contributed by atoms with Crippen molar-refractivity contribution < 1.29 is 28.6 Å². The van der Waals surface area contributed by atoms with E-state index in [9.17, 15) is 14.4 Å². The predicted molar refractivity (Wildman–Crippen MR) is 302 cm³/mol. The smallest absolute Gasteiger partial charge is 0.306 e. The van der Waals surface area contributed by atoms with Crippen molar-refractivity contribution in [1.82, 2.24) is 0 Å². The molecule has 6 nitrogen and oxygen atoms in total. The molecule has 0 aliphatic heterocycles. The topological polar surface area (TPSA) is 78.9 Å².